The van der Waals surface area contributed by atoms with Crippen molar-refractivity contribution in [2.45, 2.75) is 0 Å². The maximum absolute atomic E-state index is 9.51. The Kier molecular flexibility index (Phi) is 32.5. The van der Waals surface area contributed by atoms with Gasteiger partial charge in [-0.2, -0.15) is 25.3 Å². The van der Waals surface area contributed by atoms with Crippen molar-refractivity contribution in [1.82, 2.24) is 0 Å². The number of carbonyl (C=O) groups is 1. The molecule has 1 amide bonds. The third-order valence-corrected chi connectivity index (χ3v) is 1.29. The molecule has 0 spiro atoms. The second-order valence-electron chi connectivity index (χ2n) is 1.77. The summed E-state index contributed by atoms with van der Waals surface area (Å²) in [5.74, 6) is -1.61. The van der Waals surface area contributed by atoms with Crippen molar-refractivity contribution in [2.75, 3.05) is 17.3 Å². The predicted octanol–water partition coefficient (Wildman–Crippen LogP) is -2.85. The Morgan fingerprint density at radius 3 is 1.38 bits per heavy atom. The smallest absolute Gasteiger partial charge is 0.864 e. The van der Waals surface area contributed by atoms with E-state index in [0.29, 0.717) is 0 Å². The molecule has 4 N–H and O–H groups in total. The van der Waals surface area contributed by atoms with E-state index in [1.807, 2.05) is 0 Å². The molecule has 0 aromatic carbocycles. The fourth-order valence-electron chi connectivity index (χ4n) is 0. The molecule has 0 rings (SSSR count). The first-order valence-corrected chi connectivity index (χ1v) is 5.23. The molecule has 0 bridgehead atoms. The average Bonchev–Trinajstić information content (AvgIpc) is 2.19. The van der Waals surface area contributed by atoms with Gasteiger partial charge in [0, 0.05) is 5.75 Å². The van der Waals surface area contributed by atoms with Crippen LogP contribution < -0.4 is 15.9 Å². The number of thiol groups is 2. The number of amides is 1. The number of primary amides is 1. The van der Waals surface area contributed by atoms with Crippen molar-refractivity contribution in [1.29, 1.82) is 10.8 Å². The topological polar surface area (TPSA) is 137 Å². The fraction of sp³-hybridized carbons (Fsp3) is 0.500. The van der Waals surface area contributed by atoms with Crippen LogP contribution in [-0.4, -0.2) is 59.4 Å². The van der Waals surface area contributed by atoms with E-state index in [4.69, 9.17) is 10.8 Å². The van der Waals surface area contributed by atoms with Crippen LogP contribution in [0.5, 0.6) is 0 Å². The summed E-state index contributed by atoms with van der Waals surface area (Å²) in [6.07, 6.45) is 0. The van der Waals surface area contributed by atoms with E-state index in [-0.39, 0.29) is 47.6 Å². The number of hydrogen-bond acceptors (Lipinski definition) is 8. The summed E-state index contributed by atoms with van der Waals surface area (Å²) in [5, 5.41) is 31.0. The zero-order valence-corrected chi connectivity index (χ0v) is 13.3. The summed E-state index contributed by atoms with van der Waals surface area (Å²) in [5.41, 5.74) is 4.58. The Bertz CT molecular complexity index is 173. The van der Waals surface area contributed by atoms with Gasteiger partial charge in [-0.15, -0.1) is 5.75 Å². The van der Waals surface area contributed by atoms with Gasteiger partial charge in [-0.1, -0.05) is 5.90 Å². The maximum atomic E-state index is 9.51. The van der Waals surface area contributed by atoms with Crippen molar-refractivity contribution < 1.29 is 15.0 Å². The second kappa shape index (κ2) is 20.7. The Hall–Kier alpha value is 0.278. The van der Waals surface area contributed by atoms with Crippen LogP contribution in [0.1, 0.15) is 0 Å². The van der Waals surface area contributed by atoms with Crippen LogP contribution in [0.3, 0.4) is 0 Å². The zero-order chi connectivity index (χ0) is 12.9. The van der Waals surface area contributed by atoms with Gasteiger partial charge in [0.05, 0.1) is 5.75 Å². The van der Waals surface area contributed by atoms with Crippen molar-refractivity contribution in [2.24, 2.45) is 5.73 Å². The molecule has 92 valence electrons. The molecule has 0 aliphatic rings. The third-order valence-electron chi connectivity index (χ3n) is 0.431. The minimum absolute atomic E-state index is 0. The monoisotopic (exact) mass is 391 g/mol. The van der Waals surface area contributed by atoms with E-state index in [2.05, 4.69) is 43.6 Å². The summed E-state index contributed by atoms with van der Waals surface area (Å²) in [7, 11) is 0. The standard InChI is InChI=1S/3C2H5NOS.Sb/c3*3-2(4)1-5;/h3*5H,1H2,(H2,3,4);/q;;;+3/p-3. The molecular weight excluding hydrogens is 380 g/mol. The van der Waals surface area contributed by atoms with Gasteiger partial charge in [-0.3, -0.25) is 4.79 Å². The van der Waals surface area contributed by atoms with Crippen LogP contribution in [0.4, 0.5) is 0 Å². The first-order valence-electron chi connectivity index (χ1n) is 3.38. The number of hydrogen-bond donors (Lipinski definition) is 5. The third kappa shape index (κ3) is 63.9. The molecule has 0 saturated carbocycles. The molecule has 16 heavy (non-hydrogen) atoms. The molecule has 0 heterocycles. The number of rotatable bonds is 3. The number of nitrogens with one attached hydrogen (secondary N) is 2. The molecule has 0 unspecified atom stereocenters. The van der Waals surface area contributed by atoms with Gasteiger partial charge in [-0.05, 0) is 5.90 Å². The normalized spacial score (nSPS) is 6.94. The van der Waals surface area contributed by atoms with Crippen LogP contribution in [0.15, 0.2) is 0 Å². The molecule has 0 aromatic heterocycles. The average molecular weight is 392 g/mol. The van der Waals surface area contributed by atoms with Gasteiger partial charge in [0.2, 0.25) is 5.91 Å². The van der Waals surface area contributed by atoms with Crippen molar-refractivity contribution in [3.63, 3.8) is 0 Å². The SMILES string of the molecule is N=C([O-])CS.N=C([O-])C[S-].NC(=O)CS.[Sb+3]. The Balaban J connectivity index is -0.0000000655. The molecule has 0 fully saturated rings. The molecule has 0 saturated heterocycles. The molecule has 0 aromatic rings. The van der Waals surface area contributed by atoms with E-state index in [1.54, 1.807) is 0 Å². The fourth-order valence-corrected chi connectivity index (χ4v) is 0. The molecule has 0 aliphatic heterocycles. The van der Waals surface area contributed by atoms with Crippen molar-refractivity contribution >= 4 is 80.0 Å². The summed E-state index contributed by atoms with van der Waals surface area (Å²) >= 11 is 11.2. The van der Waals surface area contributed by atoms with Crippen molar-refractivity contribution in [3.05, 3.63) is 0 Å². The Morgan fingerprint density at radius 2 is 1.38 bits per heavy atom. The summed E-state index contributed by atoms with van der Waals surface area (Å²) in [6, 6.07) is 0. The van der Waals surface area contributed by atoms with Crippen LogP contribution in [-0.2, 0) is 17.4 Å². The van der Waals surface area contributed by atoms with Gasteiger partial charge in [0.25, 0.3) is 0 Å². The van der Waals surface area contributed by atoms with Gasteiger partial charge in [-0.25, -0.2) is 0 Å². The largest absolute Gasteiger partial charge is 3.00 e. The summed E-state index contributed by atoms with van der Waals surface area (Å²) in [4.78, 5) is 9.51. The Morgan fingerprint density at radius 1 is 1.19 bits per heavy atom. The molecule has 10 heteroatoms. The quantitative estimate of drug-likeness (QED) is 0.116. The summed E-state index contributed by atoms with van der Waals surface area (Å²) < 4.78 is 0. The molecule has 6 nitrogen and oxygen atoms in total. The van der Waals surface area contributed by atoms with Crippen LogP contribution in [0, 0.1) is 10.8 Å². The predicted molar refractivity (Wildman–Crippen MR) is 70.3 cm³/mol. The molecule has 0 aliphatic carbocycles. The van der Waals surface area contributed by atoms with E-state index < -0.39 is 11.8 Å². The molecular formula is C6H12N3O3S3Sb. The minimum atomic E-state index is -0.681. The van der Waals surface area contributed by atoms with Crippen LogP contribution in [0.2, 0.25) is 0 Å². The van der Waals surface area contributed by atoms with Crippen LogP contribution in [0.25, 0.3) is 0 Å². The van der Waals surface area contributed by atoms with E-state index in [1.165, 1.54) is 0 Å². The first kappa shape index (κ1) is 25.2. The second-order valence-corrected chi connectivity index (χ2v) is 2.69. The number of carbonyl (C=O) groups excluding carboxylic acids is 1. The Labute approximate surface area is 128 Å². The summed E-state index contributed by atoms with van der Waals surface area (Å²) in [6.45, 7) is 0. The molecule has 2 radical (unpaired) electrons. The number of nitrogens with two attached hydrogens (primary N) is 1. The van der Waals surface area contributed by atoms with Gasteiger partial charge >= 0.3 is 24.4 Å². The zero-order valence-electron chi connectivity index (χ0n) is 8.17. The first-order chi connectivity index (χ1) is 6.81. The van der Waals surface area contributed by atoms with Crippen molar-refractivity contribution in [3.8, 4) is 0 Å². The maximum Gasteiger partial charge on any atom is 3.00 e. The van der Waals surface area contributed by atoms with Gasteiger partial charge in [0.15, 0.2) is 0 Å². The molecule has 0 atom stereocenters. The van der Waals surface area contributed by atoms with Crippen LogP contribution >= 0.6 is 25.3 Å². The van der Waals surface area contributed by atoms with Gasteiger partial charge < -0.3 is 39.4 Å². The minimum Gasteiger partial charge on any atom is -0.864 e. The van der Waals surface area contributed by atoms with E-state index >= 15 is 0 Å². The van der Waals surface area contributed by atoms with Gasteiger partial charge in [0.1, 0.15) is 0 Å². The van der Waals surface area contributed by atoms with E-state index in [0.717, 1.165) is 0 Å². The van der Waals surface area contributed by atoms with E-state index in [9.17, 15) is 15.0 Å².